The summed E-state index contributed by atoms with van der Waals surface area (Å²) in [7, 11) is 0. The van der Waals surface area contributed by atoms with Crippen LogP contribution in [-0.4, -0.2) is 23.7 Å². The summed E-state index contributed by atoms with van der Waals surface area (Å²) in [5, 5.41) is 12.4. The lowest BCUT2D eigenvalue weighted by atomic mass is 9.97. The molecule has 98 valence electrons. The Hall–Kier alpha value is -0.570. The number of nitrogens with one attached hydrogen (secondary N) is 1. The van der Waals surface area contributed by atoms with Gasteiger partial charge in [0.2, 0.25) is 5.91 Å². The summed E-state index contributed by atoms with van der Waals surface area (Å²) in [6.07, 6.45) is 10.3. The van der Waals surface area contributed by atoms with E-state index in [2.05, 4.69) is 5.32 Å². The minimum Gasteiger partial charge on any atom is -0.396 e. The van der Waals surface area contributed by atoms with Crippen molar-refractivity contribution in [3.05, 3.63) is 0 Å². The average molecular weight is 239 g/mol. The van der Waals surface area contributed by atoms with Crippen molar-refractivity contribution in [3.63, 3.8) is 0 Å². The summed E-state index contributed by atoms with van der Waals surface area (Å²) >= 11 is 0. The van der Waals surface area contributed by atoms with E-state index < -0.39 is 0 Å². The van der Waals surface area contributed by atoms with Crippen molar-refractivity contribution in [1.29, 1.82) is 0 Å². The monoisotopic (exact) mass is 239 g/mol. The third-order valence-electron chi connectivity index (χ3n) is 4.45. The maximum absolute atomic E-state index is 12.2. The maximum atomic E-state index is 12.2. The van der Waals surface area contributed by atoms with Crippen LogP contribution in [0.5, 0.6) is 0 Å². The molecule has 0 heterocycles. The van der Waals surface area contributed by atoms with Crippen LogP contribution in [-0.2, 0) is 4.79 Å². The Labute approximate surface area is 104 Å². The van der Waals surface area contributed by atoms with Gasteiger partial charge in [-0.1, -0.05) is 32.1 Å². The smallest absolute Gasteiger partial charge is 0.223 e. The SMILES string of the molecule is O=C(NC1CCCC1CO)C1CCCCCC1. The number of rotatable bonds is 3. The van der Waals surface area contributed by atoms with Crippen LogP contribution < -0.4 is 5.32 Å². The molecular weight excluding hydrogens is 214 g/mol. The van der Waals surface area contributed by atoms with E-state index in [0.717, 1.165) is 32.1 Å². The van der Waals surface area contributed by atoms with E-state index in [1.807, 2.05) is 0 Å². The third kappa shape index (κ3) is 3.44. The summed E-state index contributed by atoms with van der Waals surface area (Å²) in [5.41, 5.74) is 0. The zero-order valence-corrected chi connectivity index (χ0v) is 10.7. The highest BCUT2D eigenvalue weighted by Gasteiger charge is 2.30. The molecule has 3 nitrogen and oxygen atoms in total. The molecule has 0 bridgehead atoms. The number of carbonyl (C=O) groups is 1. The number of hydrogen-bond acceptors (Lipinski definition) is 2. The Kier molecular flexibility index (Phi) is 4.84. The summed E-state index contributed by atoms with van der Waals surface area (Å²) in [6, 6.07) is 0.232. The van der Waals surface area contributed by atoms with Crippen LogP contribution in [0.3, 0.4) is 0 Å². The Morgan fingerprint density at radius 2 is 1.71 bits per heavy atom. The predicted molar refractivity (Wildman–Crippen MR) is 67.5 cm³/mol. The van der Waals surface area contributed by atoms with Crippen LogP contribution in [0, 0.1) is 11.8 Å². The molecule has 17 heavy (non-hydrogen) atoms. The van der Waals surface area contributed by atoms with E-state index in [-0.39, 0.29) is 24.5 Å². The minimum atomic E-state index is 0.218. The van der Waals surface area contributed by atoms with Gasteiger partial charge >= 0.3 is 0 Å². The summed E-state index contributed by atoms with van der Waals surface area (Å²) in [4.78, 5) is 12.2. The molecule has 1 amide bonds. The number of amides is 1. The first-order valence-electron chi connectivity index (χ1n) is 7.22. The molecule has 2 aliphatic carbocycles. The lowest BCUT2D eigenvalue weighted by Gasteiger charge is -2.22. The fraction of sp³-hybridized carbons (Fsp3) is 0.929. The van der Waals surface area contributed by atoms with Gasteiger partial charge < -0.3 is 10.4 Å². The number of hydrogen-bond donors (Lipinski definition) is 2. The van der Waals surface area contributed by atoms with Gasteiger partial charge in [-0.05, 0) is 25.7 Å². The van der Waals surface area contributed by atoms with E-state index in [9.17, 15) is 9.90 Å². The molecule has 0 aromatic rings. The molecule has 0 spiro atoms. The molecule has 3 heteroatoms. The van der Waals surface area contributed by atoms with Crippen LogP contribution in [0.4, 0.5) is 0 Å². The molecular formula is C14H25NO2. The van der Waals surface area contributed by atoms with Gasteiger partial charge in [-0.2, -0.15) is 0 Å². The van der Waals surface area contributed by atoms with Gasteiger partial charge in [0.1, 0.15) is 0 Å². The lowest BCUT2D eigenvalue weighted by Crippen LogP contribution is -2.41. The van der Waals surface area contributed by atoms with E-state index in [1.165, 1.54) is 25.7 Å². The largest absolute Gasteiger partial charge is 0.396 e. The molecule has 2 aliphatic rings. The Balaban J connectivity index is 1.82. The Bertz CT molecular complexity index is 247. The first kappa shape index (κ1) is 12.9. The first-order chi connectivity index (χ1) is 8.31. The quantitative estimate of drug-likeness (QED) is 0.742. The second-order valence-electron chi connectivity index (χ2n) is 5.68. The number of carbonyl (C=O) groups excluding carboxylic acids is 1. The standard InChI is InChI=1S/C14H25NO2/c16-10-12-8-5-9-13(12)15-14(17)11-6-3-1-2-4-7-11/h11-13,16H,1-10H2,(H,15,17). The van der Waals surface area contributed by atoms with Crippen LogP contribution in [0.1, 0.15) is 57.8 Å². The van der Waals surface area contributed by atoms with E-state index in [4.69, 9.17) is 0 Å². The van der Waals surface area contributed by atoms with Gasteiger partial charge in [-0.3, -0.25) is 4.79 Å². The Morgan fingerprint density at radius 3 is 2.35 bits per heavy atom. The highest BCUT2D eigenvalue weighted by molar-refractivity contribution is 5.79. The maximum Gasteiger partial charge on any atom is 0.223 e. The summed E-state index contributed by atoms with van der Waals surface area (Å²) in [6.45, 7) is 0.218. The van der Waals surface area contributed by atoms with Crippen molar-refractivity contribution in [1.82, 2.24) is 5.32 Å². The van der Waals surface area contributed by atoms with Gasteiger partial charge in [0.15, 0.2) is 0 Å². The first-order valence-corrected chi connectivity index (χ1v) is 7.22. The molecule has 2 saturated carbocycles. The molecule has 2 N–H and O–H groups in total. The lowest BCUT2D eigenvalue weighted by molar-refractivity contribution is -0.126. The zero-order chi connectivity index (χ0) is 12.1. The van der Waals surface area contributed by atoms with Gasteiger partial charge in [0.25, 0.3) is 0 Å². The fourth-order valence-electron chi connectivity index (χ4n) is 3.29. The molecule has 2 fully saturated rings. The molecule has 2 rings (SSSR count). The van der Waals surface area contributed by atoms with Gasteiger partial charge in [-0.15, -0.1) is 0 Å². The fourth-order valence-corrected chi connectivity index (χ4v) is 3.29. The zero-order valence-electron chi connectivity index (χ0n) is 10.7. The third-order valence-corrected chi connectivity index (χ3v) is 4.45. The highest BCUT2D eigenvalue weighted by Crippen LogP contribution is 2.27. The molecule has 2 atom stereocenters. The van der Waals surface area contributed by atoms with Crippen molar-refractivity contribution in [2.24, 2.45) is 11.8 Å². The number of aliphatic hydroxyl groups is 1. The highest BCUT2D eigenvalue weighted by atomic mass is 16.3. The molecule has 0 saturated heterocycles. The second kappa shape index (κ2) is 6.39. The topological polar surface area (TPSA) is 49.3 Å². The van der Waals surface area contributed by atoms with Crippen LogP contribution >= 0.6 is 0 Å². The summed E-state index contributed by atoms with van der Waals surface area (Å²) < 4.78 is 0. The minimum absolute atomic E-state index is 0.218. The average Bonchev–Trinajstić information content (AvgIpc) is 2.62. The van der Waals surface area contributed by atoms with Gasteiger partial charge in [-0.25, -0.2) is 0 Å². The molecule has 0 radical (unpaired) electrons. The normalized spacial score (nSPS) is 31.1. The molecule has 0 aromatic carbocycles. The summed E-state index contributed by atoms with van der Waals surface area (Å²) in [5.74, 6) is 0.777. The van der Waals surface area contributed by atoms with Crippen molar-refractivity contribution >= 4 is 5.91 Å². The van der Waals surface area contributed by atoms with Crippen LogP contribution in [0.15, 0.2) is 0 Å². The van der Waals surface area contributed by atoms with Crippen molar-refractivity contribution in [3.8, 4) is 0 Å². The van der Waals surface area contributed by atoms with Gasteiger partial charge in [0.05, 0.1) is 0 Å². The van der Waals surface area contributed by atoms with Crippen molar-refractivity contribution in [2.45, 2.75) is 63.8 Å². The predicted octanol–water partition coefficient (Wildman–Crippen LogP) is 2.23. The van der Waals surface area contributed by atoms with Crippen molar-refractivity contribution < 1.29 is 9.90 Å². The van der Waals surface area contributed by atoms with E-state index >= 15 is 0 Å². The molecule has 2 unspecified atom stereocenters. The van der Waals surface area contributed by atoms with E-state index in [0.29, 0.717) is 5.92 Å². The molecule has 0 aromatic heterocycles. The van der Waals surface area contributed by atoms with Crippen LogP contribution in [0.2, 0.25) is 0 Å². The number of aliphatic hydroxyl groups excluding tert-OH is 1. The second-order valence-corrected chi connectivity index (χ2v) is 5.68. The van der Waals surface area contributed by atoms with Gasteiger partial charge in [0, 0.05) is 24.5 Å². The van der Waals surface area contributed by atoms with E-state index in [1.54, 1.807) is 0 Å². The Morgan fingerprint density at radius 1 is 1.00 bits per heavy atom. The van der Waals surface area contributed by atoms with Crippen molar-refractivity contribution in [2.75, 3.05) is 6.61 Å². The molecule has 0 aliphatic heterocycles. The van der Waals surface area contributed by atoms with Crippen LogP contribution in [0.25, 0.3) is 0 Å².